The smallest absolute Gasteiger partial charge is 0.251 e. The monoisotopic (exact) mass is 390 g/mol. The highest BCUT2D eigenvalue weighted by molar-refractivity contribution is 6.32. The molecule has 0 spiro atoms. The summed E-state index contributed by atoms with van der Waals surface area (Å²) < 4.78 is 10.6. The summed E-state index contributed by atoms with van der Waals surface area (Å²) in [5, 5.41) is 6.06. The summed E-state index contributed by atoms with van der Waals surface area (Å²) in [5.41, 5.74) is 0.511. The molecule has 144 valence electrons. The Morgan fingerprint density at radius 1 is 1.04 bits per heavy atom. The van der Waals surface area contributed by atoms with Crippen LogP contribution in [0.4, 0.5) is 0 Å². The molecule has 0 fully saturated rings. The maximum Gasteiger partial charge on any atom is 0.251 e. The Balaban J connectivity index is 1.58. The van der Waals surface area contributed by atoms with E-state index in [-0.39, 0.29) is 11.8 Å². The molecular formula is C20H23ClN2O4. The van der Waals surface area contributed by atoms with Crippen molar-refractivity contribution < 1.29 is 19.1 Å². The first-order valence-electron chi connectivity index (χ1n) is 8.66. The highest BCUT2D eigenvalue weighted by atomic mass is 35.5. The van der Waals surface area contributed by atoms with Crippen molar-refractivity contribution in [1.29, 1.82) is 0 Å². The fraction of sp³-hybridized carbons (Fsp3) is 0.300. The van der Waals surface area contributed by atoms with Gasteiger partial charge in [-0.15, -0.1) is 0 Å². The number of ether oxygens (including phenoxy) is 2. The van der Waals surface area contributed by atoms with E-state index in [2.05, 4.69) is 10.6 Å². The molecule has 0 heterocycles. The summed E-state index contributed by atoms with van der Waals surface area (Å²) in [6.07, 6.45) is 0.918. The van der Waals surface area contributed by atoms with Crippen LogP contribution in [0.3, 0.4) is 0 Å². The summed E-state index contributed by atoms with van der Waals surface area (Å²) in [5.74, 6) is 0.930. The second-order valence-electron chi connectivity index (χ2n) is 5.72. The van der Waals surface area contributed by atoms with Crippen molar-refractivity contribution in [2.75, 3.05) is 26.8 Å². The van der Waals surface area contributed by atoms with Crippen LogP contribution in [0.5, 0.6) is 11.5 Å². The van der Waals surface area contributed by atoms with E-state index >= 15 is 0 Å². The van der Waals surface area contributed by atoms with E-state index in [1.54, 1.807) is 43.5 Å². The first kappa shape index (κ1) is 20.6. The SMILES string of the molecule is COc1cccc(C(=O)NCCNC(=O)CCCOc2ccccc2Cl)c1. The van der Waals surface area contributed by atoms with Gasteiger partial charge in [-0.2, -0.15) is 0 Å². The molecule has 0 aromatic heterocycles. The predicted molar refractivity (Wildman–Crippen MR) is 105 cm³/mol. The molecule has 0 saturated heterocycles. The molecule has 7 heteroatoms. The van der Waals surface area contributed by atoms with Gasteiger partial charge < -0.3 is 20.1 Å². The number of para-hydroxylation sites is 1. The van der Waals surface area contributed by atoms with E-state index in [0.717, 1.165) is 0 Å². The van der Waals surface area contributed by atoms with Crippen LogP contribution in [0.15, 0.2) is 48.5 Å². The average molecular weight is 391 g/mol. The van der Waals surface area contributed by atoms with E-state index in [0.29, 0.717) is 54.6 Å². The maximum atomic E-state index is 12.0. The quantitative estimate of drug-likeness (QED) is 0.611. The minimum absolute atomic E-state index is 0.0895. The Bertz CT molecular complexity index is 767. The largest absolute Gasteiger partial charge is 0.497 e. The van der Waals surface area contributed by atoms with Crippen molar-refractivity contribution in [1.82, 2.24) is 10.6 Å². The number of amides is 2. The van der Waals surface area contributed by atoms with Crippen molar-refractivity contribution in [3.8, 4) is 11.5 Å². The Labute approximate surface area is 163 Å². The lowest BCUT2D eigenvalue weighted by atomic mass is 10.2. The number of carbonyl (C=O) groups excluding carboxylic acids is 2. The maximum absolute atomic E-state index is 12.0. The van der Waals surface area contributed by atoms with Gasteiger partial charge >= 0.3 is 0 Å². The molecule has 2 amide bonds. The van der Waals surface area contributed by atoms with Crippen LogP contribution in [0.2, 0.25) is 5.02 Å². The predicted octanol–water partition coefficient (Wildman–Crippen LogP) is 3.05. The van der Waals surface area contributed by atoms with Gasteiger partial charge in [-0.3, -0.25) is 9.59 Å². The Morgan fingerprint density at radius 2 is 1.81 bits per heavy atom. The van der Waals surface area contributed by atoms with E-state index in [1.165, 1.54) is 0 Å². The molecule has 0 saturated carbocycles. The van der Waals surface area contributed by atoms with Crippen LogP contribution in [0, 0.1) is 0 Å². The molecule has 0 aliphatic rings. The van der Waals surface area contributed by atoms with E-state index in [1.807, 2.05) is 12.1 Å². The zero-order valence-electron chi connectivity index (χ0n) is 15.2. The van der Waals surface area contributed by atoms with Gasteiger partial charge in [0, 0.05) is 25.1 Å². The van der Waals surface area contributed by atoms with Gasteiger partial charge in [0.2, 0.25) is 5.91 Å². The van der Waals surface area contributed by atoms with Gasteiger partial charge in [-0.25, -0.2) is 0 Å². The zero-order chi connectivity index (χ0) is 19.5. The van der Waals surface area contributed by atoms with Gasteiger partial charge in [0.15, 0.2) is 0 Å². The lowest BCUT2D eigenvalue weighted by molar-refractivity contribution is -0.121. The lowest BCUT2D eigenvalue weighted by Crippen LogP contribution is -2.34. The molecule has 2 aromatic carbocycles. The number of carbonyl (C=O) groups is 2. The Kier molecular flexibility index (Phi) is 8.45. The topological polar surface area (TPSA) is 76.7 Å². The third kappa shape index (κ3) is 7.19. The molecule has 0 atom stereocenters. The number of hydrogen-bond acceptors (Lipinski definition) is 4. The minimum atomic E-state index is -0.212. The van der Waals surface area contributed by atoms with Gasteiger partial charge in [-0.05, 0) is 36.8 Å². The van der Waals surface area contributed by atoms with Gasteiger partial charge in [-0.1, -0.05) is 29.8 Å². The lowest BCUT2D eigenvalue weighted by Gasteiger charge is -2.09. The normalized spacial score (nSPS) is 10.1. The van der Waals surface area contributed by atoms with E-state index in [9.17, 15) is 9.59 Å². The molecular weight excluding hydrogens is 368 g/mol. The molecule has 0 radical (unpaired) electrons. The standard InChI is InChI=1S/C20H23ClN2O4/c1-26-16-7-4-6-15(14-16)20(25)23-12-11-22-19(24)10-5-13-27-18-9-3-2-8-17(18)21/h2-4,6-9,14H,5,10-13H2,1H3,(H,22,24)(H,23,25). The first-order valence-corrected chi connectivity index (χ1v) is 9.04. The molecule has 27 heavy (non-hydrogen) atoms. The first-order chi connectivity index (χ1) is 13.1. The van der Waals surface area contributed by atoms with E-state index < -0.39 is 0 Å². The highest BCUT2D eigenvalue weighted by Gasteiger charge is 2.07. The summed E-state index contributed by atoms with van der Waals surface area (Å²) >= 11 is 5.99. The Hall–Kier alpha value is -2.73. The van der Waals surface area contributed by atoms with Gasteiger partial charge in [0.05, 0.1) is 18.7 Å². The van der Waals surface area contributed by atoms with Crippen LogP contribution >= 0.6 is 11.6 Å². The molecule has 0 aliphatic carbocycles. The molecule has 6 nitrogen and oxygen atoms in total. The van der Waals surface area contributed by atoms with Crippen molar-refractivity contribution in [2.24, 2.45) is 0 Å². The Morgan fingerprint density at radius 3 is 2.59 bits per heavy atom. The van der Waals surface area contributed by atoms with E-state index in [4.69, 9.17) is 21.1 Å². The van der Waals surface area contributed by atoms with Crippen molar-refractivity contribution in [2.45, 2.75) is 12.8 Å². The fourth-order valence-corrected chi connectivity index (χ4v) is 2.50. The van der Waals surface area contributed by atoms with Gasteiger partial charge in [0.1, 0.15) is 11.5 Å². The number of halogens is 1. The van der Waals surface area contributed by atoms with Crippen LogP contribution < -0.4 is 20.1 Å². The van der Waals surface area contributed by atoms with Crippen molar-refractivity contribution >= 4 is 23.4 Å². The molecule has 2 aromatic rings. The molecule has 0 bridgehead atoms. The highest BCUT2D eigenvalue weighted by Crippen LogP contribution is 2.23. The summed E-state index contributed by atoms with van der Waals surface area (Å²) in [6, 6.07) is 14.1. The third-order valence-electron chi connectivity index (χ3n) is 3.71. The minimum Gasteiger partial charge on any atom is -0.497 e. The van der Waals surface area contributed by atoms with Crippen LogP contribution in [-0.2, 0) is 4.79 Å². The van der Waals surface area contributed by atoms with Crippen molar-refractivity contribution in [3.05, 3.63) is 59.1 Å². The van der Waals surface area contributed by atoms with Gasteiger partial charge in [0.25, 0.3) is 5.91 Å². The van der Waals surface area contributed by atoms with Crippen LogP contribution in [-0.4, -0.2) is 38.6 Å². The number of benzene rings is 2. The average Bonchev–Trinajstić information content (AvgIpc) is 2.69. The molecule has 2 N–H and O–H groups in total. The van der Waals surface area contributed by atoms with Crippen molar-refractivity contribution in [3.63, 3.8) is 0 Å². The second kappa shape index (κ2) is 11.1. The fourth-order valence-electron chi connectivity index (χ4n) is 2.31. The molecule has 2 rings (SSSR count). The number of nitrogens with one attached hydrogen (secondary N) is 2. The second-order valence-corrected chi connectivity index (χ2v) is 6.13. The third-order valence-corrected chi connectivity index (χ3v) is 4.02. The van der Waals surface area contributed by atoms with Crippen LogP contribution in [0.1, 0.15) is 23.2 Å². The molecule has 0 aliphatic heterocycles. The number of hydrogen-bond donors (Lipinski definition) is 2. The summed E-state index contributed by atoms with van der Waals surface area (Å²) in [4.78, 5) is 23.8. The molecule has 0 unspecified atom stereocenters. The summed E-state index contributed by atoms with van der Waals surface area (Å²) in [7, 11) is 1.55. The summed E-state index contributed by atoms with van der Waals surface area (Å²) in [6.45, 7) is 1.11. The zero-order valence-corrected chi connectivity index (χ0v) is 15.9. The number of rotatable bonds is 10. The van der Waals surface area contributed by atoms with Crippen LogP contribution in [0.25, 0.3) is 0 Å². The number of methoxy groups -OCH3 is 1.